The maximum atomic E-state index is 10.6. The van der Waals surface area contributed by atoms with Gasteiger partial charge in [0.05, 0.1) is 0 Å². The molecule has 0 aromatic rings. The van der Waals surface area contributed by atoms with Gasteiger partial charge in [0.25, 0.3) is 0 Å². The van der Waals surface area contributed by atoms with Gasteiger partial charge in [-0.1, -0.05) is 13.3 Å². The molecule has 2 unspecified atom stereocenters. The first-order valence-corrected chi connectivity index (χ1v) is 4.07. The van der Waals surface area contributed by atoms with Crippen molar-refractivity contribution in [2.45, 2.75) is 32.8 Å². The summed E-state index contributed by atoms with van der Waals surface area (Å²) in [5.74, 6) is 0.387. The Morgan fingerprint density at radius 2 is 2.36 bits per heavy atom. The molecule has 0 radical (unpaired) electrons. The molecule has 0 aliphatic carbocycles. The van der Waals surface area contributed by atoms with E-state index in [9.17, 15) is 4.79 Å². The maximum Gasteiger partial charge on any atom is 0.508 e. The number of ether oxygens (including phenoxy) is 2. The highest BCUT2D eigenvalue weighted by molar-refractivity contribution is 5.60. The zero-order valence-electron chi connectivity index (χ0n) is 7.00. The van der Waals surface area contributed by atoms with Crippen LogP contribution in [0.2, 0.25) is 0 Å². The minimum absolute atomic E-state index is 0.0243. The van der Waals surface area contributed by atoms with Crippen molar-refractivity contribution >= 4 is 6.16 Å². The Balaban J connectivity index is 2.37. The number of cyclic esters (lactones) is 2. The average Bonchev–Trinajstić information content (AvgIpc) is 1.95. The molecule has 0 spiro atoms. The van der Waals surface area contributed by atoms with E-state index in [4.69, 9.17) is 9.47 Å². The summed E-state index contributed by atoms with van der Waals surface area (Å²) < 4.78 is 9.64. The van der Waals surface area contributed by atoms with Crippen molar-refractivity contribution < 1.29 is 14.3 Å². The van der Waals surface area contributed by atoms with Crippen LogP contribution in [0.4, 0.5) is 4.79 Å². The SMILES string of the molecule is CCCC1COC(=O)OC1C. The second kappa shape index (κ2) is 3.60. The Morgan fingerprint density at radius 3 is 2.91 bits per heavy atom. The fourth-order valence-corrected chi connectivity index (χ4v) is 1.28. The molecule has 0 aromatic heterocycles. The monoisotopic (exact) mass is 158 g/mol. The number of hydrogen-bond donors (Lipinski definition) is 0. The second-order valence-corrected chi connectivity index (χ2v) is 2.93. The molecule has 1 rings (SSSR count). The van der Waals surface area contributed by atoms with Crippen LogP contribution in [0.25, 0.3) is 0 Å². The zero-order chi connectivity index (χ0) is 8.27. The summed E-state index contributed by atoms with van der Waals surface area (Å²) in [6.45, 7) is 4.55. The summed E-state index contributed by atoms with van der Waals surface area (Å²) in [4.78, 5) is 10.6. The smallest absolute Gasteiger partial charge is 0.434 e. The van der Waals surface area contributed by atoms with Crippen LogP contribution in [0.1, 0.15) is 26.7 Å². The molecule has 1 aliphatic heterocycles. The first-order valence-electron chi connectivity index (χ1n) is 4.07. The van der Waals surface area contributed by atoms with Gasteiger partial charge >= 0.3 is 6.16 Å². The Kier molecular flexibility index (Phi) is 2.74. The Bertz CT molecular complexity index is 144. The molecule has 1 heterocycles. The molecule has 64 valence electrons. The van der Waals surface area contributed by atoms with Crippen LogP contribution in [0.15, 0.2) is 0 Å². The van der Waals surface area contributed by atoms with E-state index in [2.05, 4.69) is 6.92 Å². The van der Waals surface area contributed by atoms with E-state index >= 15 is 0 Å². The lowest BCUT2D eigenvalue weighted by atomic mass is 9.99. The largest absolute Gasteiger partial charge is 0.508 e. The molecule has 0 N–H and O–H groups in total. The normalized spacial score (nSPS) is 30.9. The van der Waals surface area contributed by atoms with Crippen LogP contribution in [0, 0.1) is 5.92 Å². The van der Waals surface area contributed by atoms with Gasteiger partial charge in [0, 0.05) is 5.92 Å². The van der Waals surface area contributed by atoms with Crippen LogP contribution in [0.3, 0.4) is 0 Å². The number of hydrogen-bond acceptors (Lipinski definition) is 3. The number of carbonyl (C=O) groups is 1. The molecule has 0 bridgehead atoms. The number of rotatable bonds is 2. The van der Waals surface area contributed by atoms with Crippen LogP contribution >= 0.6 is 0 Å². The van der Waals surface area contributed by atoms with Crippen LogP contribution < -0.4 is 0 Å². The van der Waals surface area contributed by atoms with Crippen molar-refractivity contribution in [1.29, 1.82) is 0 Å². The van der Waals surface area contributed by atoms with Gasteiger partial charge in [-0.3, -0.25) is 0 Å². The van der Waals surface area contributed by atoms with Crippen molar-refractivity contribution in [3.8, 4) is 0 Å². The third-order valence-electron chi connectivity index (χ3n) is 2.02. The van der Waals surface area contributed by atoms with E-state index in [1.807, 2.05) is 6.92 Å². The summed E-state index contributed by atoms with van der Waals surface area (Å²) in [5, 5.41) is 0. The van der Waals surface area contributed by atoms with Crippen molar-refractivity contribution in [3.05, 3.63) is 0 Å². The fourth-order valence-electron chi connectivity index (χ4n) is 1.28. The van der Waals surface area contributed by atoms with E-state index in [1.165, 1.54) is 0 Å². The average molecular weight is 158 g/mol. The Morgan fingerprint density at radius 1 is 1.64 bits per heavy atom. The van der Waals surface area contributed by atoms with E-state index in [-0.39, 0.29) is 6.10 Å². The lowest BCUT2D eigenvalue weighted by Gasteiger charge is -2.27. The van der Waals surface area contributed by atoms with Crippen molar-refractivity contribution in [1.82, 2.24) is 0 Å². The highest BCUT2D eigenvalue weighted by atomic mass is 16.7. The van der Waals surface area contributed by atoms with Gasteiger partial charge in [0.2, 0.25) is 0 Å². The quantitative estimate of drug-likeness (QED) is 0.576. The van der Waals surface area contributed by atoms with Gasteiger partial charge in [0.1, 0.15) is 12.7 Å². The molecule has 1 saturated heterocycles. The van der Waals surface area contributed by atoms with Crippen LogP contribution in [-0.2, 0) is 9.47 Å². The first kappa shape index (κ1) is 8.37. The molecular formula is C8H14O3. The molecule has 3 heteroatoms. The molecule has 1 aliphatic rings. The van der Waals surface area contributed by atoms with E-state index in [0.29, 0.717) is 12.5 Å². The molecule has 0 amide bonds. The van der Waals surface area contributed by atoms with Crippen molar-refractivity contribution in [3.63, 3.8) is 0 Å². The fraction of sp³-hybridized carbons (Fsp3) is 0.875. The molecule has 11 heavy (non-hydrogen) atoms. The Hall–Kier alpha value is -0.730. The van der Waals surface area contributed by atoms with Crippen LogP contribution in [-0.4, -0.2) is 18.9 Å². The third kappa shape index (κ3) is 2.10. The molecule has 3 nitrogen and oxygen atoms in total. The molecule has 0 saturated carbocycles. The summed E-state index contributed by atoms with van der Waals surface area (Å²) in [6, 6.07) is 0. The van der Waals surface area contributed by atoms with Crippen molar-refractivity contribution in [2.75, 3.05) is 6.61 Å². The first-order chi connectivity index (χ1) is 5.24. The number of carbonyl (C=O) groups excluding carboxylic acids is 1. The summed E-state index contributed by atoms with van der Waals surface area (Å²) in [6.07, 6.45) is 1.67. The lowest BCUT2D eigenvalue weighted by molar-refractivity contribution is -0.0536. The van der Waals surface area contributed by atoms with Gasteiger partial charge in [-0.2, -0.15) is 0 Å². The second-order valence-electron chi connectivity index (χ2n) is 2.93. The molecule has 1 fully saturated rings. The predicted octanol–water partition coefficient (Wildman–Crippen LogP) is 1.96. The predicted molar refractivity (Wildman–Crippen MR) is 40.3 cm³/mol. The van der Waals surface area contributed by atoms with Gasteiger partial charge in [0.15, 0.2) is 0 Å². The van der Waals surface area contributed by atoms with Gasteiger partial charge in [-0.25, -0.2) is 4.79 Å². The minimum Gasteiger partial charge on any atom is -0.434 e. The van der Waals surface area contributed by atoms with Gasteiger partial charge in [-0.05, 0) is 13.3 Å². The highest BCUT2D eigenvalue weighted by Crippen LogP contribution is 2.19. The summed E-state index contributed by atoms with van der Waals surface area (Å²) >= 11 is 0. The van der Waals surface area contributed by atoms with Crippen LogP contribution in [0.5, 0.6) is 0 Å². The third-order valence-corrected chi connectivity index (χ3v) is 2.02. The summed E-state index contributed by atoms with van der Waals surface area (Å²) in [7, 11) is 0. The van der Waals surface area contributed by atoms with Gasteiger partial charge < -0.3 is 9.47 Å². The molecule has 2 atom stereocenters. The van der Waals surface area contributed by atoms with Crippen molar-refractivity contribution in [2.24, 2.45) is 5.92 Å². The van der Waals surface area contributed by atoms with E-state index in [1.54, 1.807) is 0 Å². The topological polar surface area (TPSA) is 35.5 Å². The Labute approximate surface area is 66.7 Å². The van der Waals surface area contributed by atoms with Gasteiger partial charge in [-0.15, -0.1) is 0 Å². The minimum atomic E-state index is -0.523. The zero-order valence-corrected chi connectivity index (χ0v) is 7.00. The van der Waals surface area contributed by atoms with E-state index in [0.717, 1.165) is 12.8 Å². The standard InChI is InChI=1S/C8H14O3/c1-3-4-7-5-10-8(9)11-6(7)2/h6-7H,3-5H2,1-2H3. The summed E-state index contributed by atoms with van der Waals surface area (Å²) in [5.41, 5.74) is 0. The molecule has 0 aromatic carbocycles. The maximum absolute atomic E-state index is 10.6. The molecular weight excluding hydrogens is 144 g/mol. The highest BCUT2D eigenvalue weighted by Gasteiger charge is 2.27. The van der Waals surface area contributed by atoms with E-state index < -0.39 is 6.16 Å². The lowest BCUT2D eigenvalue weighted by Crippen LogP contribution is -2.34.